The zero-order valence-electron chi connectivity index (χ0n) is 11.5. The van der Waals surface area contributed by atoms with Crippen LogP contribution < -0.4 is 0 Å². The normalized spacial score (nSPS) is 38.7. The molecule has 0 aromatic rings. The molecule has 0 amide bonds. The predicted molar refractivity (Wildman–Crippen MR) is 73.5 cm³/mol. The molecule has 4 aliphatic rings. The van der Waals surface area contributed by atoms with Gasteiger partial charge in [0.1, 0.15) is 0 Å². The van der Waals surface area contributed by atoms with E-state index >= 15 is 0 Å². The molecule has 0 saturated heterocycles. The van der Waals surface area contributed by atoms with E-state index in [0.717, 1.165) is 5.92 Å². The molecule has 0 aromatic carbocycles. The number of hydrogen-bond acceptors (Lipinski definition) is 1. The molecule has 100 valence electrons. The van der Waals surface area contributed by atoms with E-state index in [2.05, 4.69) is 0 Å². The summed E-state index contributed by atoms with van der Waals surface area (Å²) < 4.78 is 6.75. The van der Waals surface area contributed by atoms with Gasteiger partial charge in [-0.25, -0.2) is 0 Å². The van der Waals surface area contributed by atoms with Crippen LogP contribution in [0.5, 0.6) is 0 Å². The van der Waals surface area contributed by atoms with Crippen LogP contribution in [0, 0.1) is 5.92 Å². The fraction of sp³-hybridized carbons (Fsp3) is 0.882. The molecule has 4 rings (SSSR count). The molecule has 0 radical (unpaired) electrons. The summed E-state index contributed by atoms with van der Waals surface area (Å²) in [6.07, 6.45) is 17.2. The second-order valence-corrected chi connectivity index (χ2v) is 6.97. The molecule has 0 unspecified atom stereocenters. The van der Waals surface area contributed by atoms with E-state index < -0.39 is 0 Å². The predicted octanol–water partition coefficient (Wildman–Crippen LogP) is 4.76. The molecular formula is C17H26O. The Kier molecular flexibility index (Phi) is 2.80. The van der Waals surface area contributed by atoms with Crippen LogP contribution >= 0.6 is 0 Å². The number of fused-ring (bicyclic) bond motifs is 3. The van der Waals surface area contributed by atoms with Crippen molar-refractivity contribution in [1.82, 2.24) is 0 Å². The summed E-state index contributed by atoms with van der Waals surface area (Å²) >= 11 is 0. The minimum atomic E-state index is 0.293. The summed E-state index contributed by atoms with van der Waals surface area (Å²) in [5, 5.41) is 0. The van der Waals surface area contributed by atoms with Crippen molar-refractivity contribution < 1.29 is 4.74 Å². The molecule has 0 bridgehead atoms. The first-order valence-electron chi connectivity index (χ1n) is 8.29. The first-order valence-corrected chi connectivity index (χ1v) is 8.29. The van der Waals surface area contributed by atoms with Crippen molar-refractivity contribution in [2.45, 2.75) is 88.8 Å². The molecule has 3 saturated carbocycles. The lowest BCUT2D eigenvalue weighted by molar-refractivity contribution is -0.128. The lowest BCUT2D eigenvalue weighted by Gasteiger charge is -2.50. The van der Waals surface area contributed by atoms with Gasteiger partial charge in [0.05, 0.1) is 11.7 Å². The molecule has 18 heavy (non-hydrogen) atoms. The monoisotopic (exact) mass is 246 g/mol. The summed E-state index contributed by atoms with van der Waals surface area (Å²) in [6, 6.07) is 0. The Morgan fingerprint density at radius 3 is 2.33 bits per heavy atom. The van der Waals surface area contributed by atoms with Crippen LogP contribution in [0.1, 0.15) is 77.0 Å². The molecular weight excluding hydrogens is 220 g/mol. The van der Waals surface area contributed by atoms with Crippen LogP contribution in [0.4, 0.5) is 0 Å². The van der Waals surface area contributed by atoms with E-state index in [1.165, 1.54) is 77.0 Å². The van der Waals surface area contributed by atoms with Crippen molar-refractivity contribution in [2.24, 2.45) is 5.92 Å². The summed E-state index contributed by atoms with van der Waals surface area (Å²) in [4.78, 5) is 0. The SMILES string of the molecule is C1CC[C@H]2OC3(CCCC3)[C@H]3CCCCC3=C2C1. The maximum atomic E-state index is 6.75. The Morgan fingerprint density at radius 2 is 1.50 bits per heavy atom. The standard InChI is InChI=1S/C17H26O/c1-3-9-15-13(7-1)14-8-2-4-10-16(14)18-17(15)11-5-6-12-17/h15-16H,1-12H2/t15-,16+/m0/s1. The van der Waals surface area contributed by atoms with Gasteiger partial charge in [-0.2, -0.15) is 0 Å². The Hall–Kier alpha value is -0.300. The highest BCUT2D eigenvalue weighted by molar-refractivity contribution is 5.30. The van der Waals surface area contributed by atoms with Gasteiger partial charge in [0.25, 0.3) is 0 Å². The van der Waals surface area contributed by atoms with Crippen molar-refractivity contribution in [3.8, 4) is 0 Å². The zero-order valence-corrected chi connectivity index (χ0v) is 11.5. The Bertz CT molecular complexity index is 362. The lowest BCUT2D eigenvalue weighted by Crippen LogP contribution is -2.48. The first kappa shape index (κ1) is 11.5. The molecule has 1 heterocycles. The molecule has 0 aromatic heterocycles. The third kappa shape index (κ3) is 1.62. The van der Waals surface area contributed by atoms with E-state index in [0.29, 0.717) is 11.7 Å². The third-order valence-corrected chi connectivity index (χ3v) is 6.04. The smallest absolute Gasteiger partial charge is 0.0795 e. The molecule has 1 aliphatic heterocycles. The topological polar surface area (TPSA) is 9.23 Å². The van der Waals surface area contributed by atoms with Crippen molar-refractivity contribution in [2.75, 3.05) is 0 Å². The molecule has 3 aliphatic carbocycles. The number of hydrogen-bond donors (Lipinski definition) is 0. The quantitative estimate of drug-likeness (QED) is 0.560. The van der Waals surface area contributed by atoms with Gasteiger partial charge < -0.3 is 4.74 Å². The van der Waals surface area contributed by atoms with Crippen LogP contribution in [-0.4, -0.2) is 11.7 Å². The highest BCUT2D eigenvalue weighted by Gasteiger charge is 2.50. The average Bonchev–Trinajstić information content (AvgIpc) is 2.89. The van der Waals surface area contributed by atoms with Crippen LogP contribution in [-0.2, 0) is 4.74 Å². The fourth-order valence-electron chi connectivity index (χ4n) is 5.26. The third-order valence-electron chi connectivity index (χ3n) is 6.04. The van der Waals surface area contributed by atoms with Gasteiger partial charge in [-0.05, 0) is 56.9 Å². The maximum Gasteiger partial charge on any atom is 0.0795 e. The summed E-state index contributed by atoms with van der Waals surface area (Å²) in [7, 11) is 0. The van der Waals surface area contributed by atoms with Gasteiger partial charge in [-0.1, -0.05) is 31.3 Å². The number of ether oxygens (including phenoxy) is 1. The minimum Gasteiger partial charge on any atom is -0.367 e. The van der Waals surface area contributed by atoms with Crippen molar-refractivity contribution >= 4 is 0 Å². The van der Waals surface area contributed by atoms with Gasteiger partial charge >= 0.3 is 0 Å². The summed E-state index contributed by atoms with van der Waals surface area (Å²) in [5.41, 5.74) is 3.95. The Labute approximate surface area is 111 Å². The Balaban J connectivity index is 1.75. The van der Waals surface area contributed by atoms with Crippen LogP contribution in [0.3, 0.4) is 0 Å². The average molecular weight is 246 g/mol. The van der Waals surface area contributed by atoms with Crippen LogP contribution in [0.2, 0.25) is 0 Å². The summed E-state index contributed by atoms with van der Waals surface area (Å²) in [6.45, 7) is 0. The molecule has 2 atom stereocenters. The highest BCUT2D eigenvalue weighted by atomic mass is 16.5. The molecule has 1 spiro atoms. The summed E-state index contributed by atoms with van der Waals surface area (Å²) in [5.74, 6) is 0.818. The second-order valence-electron chi connectivity index (χ2n) is 6.97. The molecule has 3 fully saturated rings. The zero-order chi connectivity index (χ0) is 12.0. The van der Waals surface area contributed by atoms with Crippen LogP contribution in [0.25, 0.3) is 0 Å². The van der Waals surface area contributed by atoms with Crippen LogP contribution in [0.15, 0.2) is 11.1 Å². The van der Waals surface area contributed by atoms with Gasteiger partial charge in [-0.15, -0.1) is 0 Å². The van der Waals surface area contributed by atoms with E-state index in [1.807, 2.05) is 5.57 Å². The largest absolute Gasteiger partial charge is 0.367 e. The molecule has 0 N–H and O–H groups in total. The molecule has 1 nitrogen and oxygen atoms in total. The van der Waals surface area contributed by atoms with Gasteiger partial charge in [-0.3, -0.25) is 0 Å². The van der Waals surface area contributed by atoms with E-state index in [1.54, 1.807) is 5.57 Å². The van der Waals surface area contributed by atoms with E-state index in [9.17, 15) is 0 Å². The maximum absolute atomic E-state index is 6.75. The van der Waals surface area contributed by atoms with E-state index in [-0.39, 0.29) is 0 Å². The van der Waals surface area contributed by atoms with Gasteiger partial charge in [0.2, 0.25) is 0 Å². The minimum absolute atomic E-state index is 0.293. The van der Waals surface area contributed by atoms with Crippen molar-refractivity contribution in [1.29, 1.82) is 0 Å². The highest BCUT2D eigenvalue weighted by Crippen LogP contribution is 2.54. The lowest BCUT2D eigenvalue weighted by atomic mass is 9.67. The van der Waals surface area contributed by atoms with Gasteiger partial charge in [0.15, 0.2) is 0 Å². The number of rotatable bonds is 0. The molecule has 1 heteroatoms. The Morgan fingerprint density at radius 1 is 0.778 bits per heavy atom. The first-order chi connectivity index (χ1) is 8.89. The van der Waals surface area contributed by atoms with Gasteiger partial charge in [0, 0.05) is 5.92 Å². The van der Waals surface area contributed by atoms with Crippen molar-refractivity contribution in [3.05, 3.63) is 11.1 Å². The second kappa shape index (κ2) is 4.37. The van der Waals surface area contributed by atoms with Crippen molar-refractivity contribution in [3.63, 3.8) is 0 Å². The fourth-order valence-corrected chi connectivity index (χ4v) is 5.26. The van der Waals surface area contributed by atoms with E-state index in [4.69, 9.17) is 4.74 Å².